The van der Waals surface area contributed by atoms with Gasteiger partial charge in [-0.05, 0) is 24.1 Å². The Bertz CT molecular complexity index is 523. The highest BCUT2D eigenvalue weighted by molar-refractivity contribution is 6.32. The van der Waals surface area contributed by atoms with E-state index in [-0.39, 0.29) is 16.5 Å². The molecule has 4 nitrogen and oxygen atoms in total. The number of benzene rings is 1. The molecule has 0 spiro atoms. The van der Waals surface area contributed by atoms with Crippen molar-refractivity contribution in [2.24, 2.45) is 5.92 Å². The van der Waals surface area contributed by atoms with E-state index in [0.29, 0.717) is 0 Å². The molecule has 2 N–H and O–H groups in total. The fourth-order valence-electron chi connectivity index (χ4n) is 1.54. The molecule has 1 rings (SSSR count). The number of carbonyl (C=O) groups is 2. The third-order valence-electron chi connectivity index (χ3n) is 2.63. The lowest BCUT2D eigenvalue weighted by Crippen LogP contribution is -2.43. The minimum Gasteiger partial charge on any atom is -0.480 e. The van der Waals surface area contributed by atoms with Crippen molar-refractivity contribution < 1.29 is 19.1 Å². The molecule has 1 aromatic carbocycles. The summed E-state index contributed by atoms with van der Waals surface area (Å²) in [5.41, 5.74) is 0.0840. The summed E-state index contributed by atoms with van der Waals surface area (Å²) in [6, 6.07) is 3.17. The van der Waals surface area contributed by atoms with Gasteiger partial charge in [-0.15, -0.1) is 0 Å². The maximum atomic E-state index is 13.5. The van der Waals surface area contributed by atoms with Gasteiger partial charge in [-0.2, -0.15) is 0 Å². The van der Waals surface area contributed by atoms with Crippen LogP contribution in [0, 0.1) is 11.7 Å². The third kappa shape index (κ3) is 4.35. The van der Waals surface area contributed by atoms with Crippen molar-refractivity contribution in [1.82, 2.24) is 5.32 Å². The van der Waals surface area contributed by atoms with Crippen LogP contribution >= 0.6 is 11.6 Å². The van der Waals surface area contributed by atoms with Crippen molar-refractivity contribution >= 4 is 29.6 Å². The summed E-state index contributed by atoms with van der Waals surface area (Å²) in [7, 11) is 0. The Labute approximate surface area is 121 Å². The van der Waals surface area contributed by atoms with Crippen LogP contribution in [0.25, 0.3) is 6.08 Å². The number of hydrogen-bond donors (Lipinski definition) is 2. The Morgan fingerprint density at radius 2 is 2.05 bits per heavy atom. The molecule has 0 aliphatic rings. The lowest BCUT2D eigenvalue weighted by Gasteiger charge is -2.16. The largest absolute Gasteiger partial charge is 0.480 e. The second kappa shape index (κ2) is 7.05. The van der Waals surface area contributed by atoms with E-state index < -0.39 is 23.7 Å². The summed E-state index contributed by atoms with van der Waals surface area (Å²) in [6.07, 6.45) is 2.27. The first-order valence-corrected chi connectivity index (χ1v) is 6.36. The Morgan fingerprint density at radius 3 is 2.55 bits per heavy atom. The van der Waals surface area contributed by atoms with Crippen LogP contribution in [0.2, 0.25) is 5.02 Å². The van der Waals surface area contributed by atoms with E-state index in [1.165, 1.54) is 24.3 Å². The van der Waals surface area contributed by atoms with Gasteiger partial charge in [0.25, 0.3) is 0 Å². The van der Waals surface area contributed by atoms with Crippen molar-refractivity contribution in [3.63, 3.8) is 0 Å². The fourth-order valence-corrected chi connectivity index (χ4v) is 1.77. The summed E-state index contributed by atoms with van der Waals surface area (Å²) >= 11 is 5.80. The zero-order valence-electron chi connectivity index (χ0n) is 11.1. The predicted molar refractivity (Wildman–Crippen MR) is 74.8 cm³/mol. The van der Waals surface area contributed by atoms with Gasteiger partial charge < -0.3 is 10.4 Å². The number of carbonyl (C=O) groups excluding carboxylic acids is 1. The topological polar surface area (TPSA) is 66.4 Å². The molecule has 20 heavy (non-hydrogen) atoms. The normalized spacial score (nSPS) is 12.7. The Balaban J connectivity index is 2.80. The smallest absolute Gasteiger partial charge is 0.326 e. The van der Waals surface area contributed by atoms with Crippen LogP contribution in [-0.4, -0.2) is 23.0 Å². The average molecular weight is 300 g/mol. The number of amides is 1. The molecule has 0 aliphatic carbocycles. The number of carboxylic acids is 1. The number of nitrogens with one attached hydrogen (secondary N) is 1. The zero-order valence-corrected chi connectivity index (χ0v) is 11.8. The van der Waals surface area contributed by atoms with Gasteiger partial charge in [0.2, 0.25) is 5.91 Å². The van der Waals surface area contributed by atoms with E-state index in [9.17, 15) is 14.0 Å². The fraction of sp³-hybridized carbons (Fsp3) is 0.286. The molecule has 0 aliphatic heterocycles. The summed E-state index contributed by atoms with van der Waals surface area (Å²) in [5.74, 6) is -2.56. The van der Waals surface area contributed by atoms with Gasteiger partial charge in [-0.3, -0.25) is 4.79 Å². The van der Waals surface area contributed by atoms with Crippen LogP contribution in [0.5, 0.6) is 0 Å². The van der Waals surface area contributed by atoms with Crippen LogP contribution in [0.1, 0.15) is 19.4 Å². The first-order valence-electron chi connectivity index (χ1n) is 5.98. The van der Waals surface area contributed by atoms with E-state index in [1.54, 1.807) is 13.8 Å². The molecule has 0 radical (unpaired) electrons. The molecule has 0 aromatic heterocycles. The Kier molecular flexibility index (Phi) is 5.70. The Morgan fingerprint density at radius 1 is 1.40 bits per heavy atom. The molecule has 0 fully saturated rings. The van der Waals surface area contributed by atoms with E-state index in [1.807, 2.05) is 0 Å². The molecule has 1 atom stereocenters. The summed E-state index contributed by atoms with van der Waals surface area (Å²) in [6.45, 7) is 3.35. The number of halogens is 2. The summed E-state index contributed by atoms with van der Waals surface area (Å²) in [4.78, 5) is 22.6. The molecule has 0 bridgehead atoms. The third-order valence-corrected chi connectivity index (χ3v) is 2.96. The Hall–Kier alpha value is -1.88. The molecule has 108 valence electrons. The number of rotatable bonds is 5. The van der Waals surface area contributed by atoms with E-state index in [4.69, 9.17) is 16.7 Å². The van der Waals surface area contributed by atoms with Gasteiger partial charge >= 0.3 is 5.97 Å². The van der Waals surface area contributed by atoms with Gasteiger partial charge in [-0.1, -0.05) is 31.5 Å². The maximum Gasteiger partial charge on any atom is 0.326 e. The molecule has 0 saturated carbocycles. The van der Waals surface area contributed by atoms with Crippen LogP contribution in [0.3, 0.4) is 0 Å². The lowest BCUT2D eigenvalue weighted by atomic mass is 10.0. The molecule has 0 heterocycles. The minimum absolute atomic E-state index is 0.0840. The van der Waals surface area contributed by atoms with Gasteiger partial charge in [0.05, 0.1) is 5.02 Å². The van der Waals surface area contributed by atoms with Crippen molar-refractivity contribution in [1.29, 1.82) is 0 Å². The SMILES string of the molecule is CC(C)[C@@H](NC(=O)C=Cc1c(F)cccc1Cl)C(=O)O. The summed E-state index contributed by atoms with van der Waals surface area (Å²) < 4.78 is 13.5. The molecule has 0 saturated heterocycles. The quantitative estimate of drug-likeness (QED) is 0.822. The van der Waals surface area contributed by atoms with Crippen LogP contribution in [0.4, 0.5) is 4.39 Å². The van der Waals surface area contributed by atoms with E-state index in [0.717, 1.165) is 6.08 Å². The molecular weight excluding hydrogens is 285 g/mol. The monoisotopic (exact) mass is 299 g/mol. The summed E-state index contributed by atoms with van der Waals surface area (Å²) in [5, 5.41) is 11.5. The van der Waals surface area contributed by atoms with Crippen LogP contribution < -0.4 is 5.32 Å². The van der Waals surface area contributed by atoms with Crippen LogP contribution in [-0.2, 0) is 9.59 Å². The number of aliphatic carboxylic acids is 1. The second-order valence-corrected chi connectivity index (χ2v) is 4.94. The highest BCUT2D eigenvalue weighted by atomic mass is 35.5. The predicted octanol–water partition coefficient (Wildman–Crippen LogP) is 2.72. The van der Waals surface area contributed by atoms with Gasteiger partial charge in [0, 0.05) is 11.6 Å². The van der Waals surface area contributed by atoms with Gasteiger partial charge in [0.15, 0.2) is 0 Å². The van der Waals surface area contributed by atoms with Crippen molar-refractivity contribution in [2.75, 3.05) is 0 Å². The first kappa shape index (κ1) is 16.2. The van der Waals surface area contributed by atoms with Gasteiger partial charge in [0.1, 0.15) is 11.9 Å². The molecular formula is C14H15ClFNO3. The standard InChI is InChI=1S/C14H15ClFNO3/c1-8(2)13(14(19)20)17-12(18)7-6-9-10(15)4-3-5-11(9)16/h3-8,13H,1-2H3,(H,17,18)(H,19,20)/t13-/m1/s1. The number of hydrogen-bond acceptors (Lipinski definition) is 2. The van der Waals surface area contributed by atoms with E-state index >= 15 is 0 Å². The van der Waals surface area contributed by atoms with Crippen molar-refractivity contribution in [3.8, 4) is 0 Å². The second-order valence-electron chi connectivity index (χ2n) is 4.54. The maximum absolute atomic E-state index is 13.5. The first-order chi connectivity index (χ1) is 9.32. The van der Waals surface area contributed by atoms with Gasteiger partial charge in [-0.25, -0.2) is 9.18 Å². The highest BCUT2D eigenvalue weighted by Gasteiger charge is 2.22. The zero-order chi connectivity index (χ0) is 15.3. The molecule has 0 unspecified atom stereocenters. The minimum atomic E-state index is -1.12. The number of carboxylic acid groups (broad SMARTS) is 1. The van der Waals surface area contributed by atoms with E-state index in [2.05, 4.69) is 5.32 Å². The van der Waals surface area contributed by atoms with Crippen molar-refractivity contribution in [3.05, 3.63) is 40.7 Å². The molecule has 1 aromatic rings. The average Bonchev–Trinajstić information content (AvgIpc) is 2.34. The lowest BCUT2D eigenvalue weighted by molar-refractivity contribution is -0.142. The molecule has 6 heteroatoms. The molecule has 1 amide bonds. The highest BCUT2D eigenvalue weighted by Crippen LogP contribution is 2.20. The van der Waals surface area contributed by atoms with Crippen LogP contribution in [0.15, 0.2) is 24.3 Å². The van der Waals surface area contributed by atoms with Crippen molar-refractivity contribution in [2.45, 2.75) is 19.9 Å².